The van der Waals surface area contributed by atoms with Gasteiger partial charge in [0.05, 0.1) is 6.04 Å². The molecule has 1 aliphatic heterocycles. The van der Waals surface area contributed by atoms with Crippen molar-refractivity contribution in [1.29, 1.82) is 0 Å². The number of anilines is 1. The summed E-state index contributed by atoms with van der Waals surface area (Å²) >= 11 is 0. The number of primary amides is 1. The minimum atomic E-state index is -0.885. The number of nitrogens with two attached hydrogens (primary N) is 1. The molecule has 0 unspecified atom stereocenters. The Hall–Kier alpha value is -3.21. The standard InChI is InChI=1S/C26H39FN6O4/c1-16(29-2)25(36)33-12-11-20(31-26(37)30-19-10-6-9-18(27)14-19)15-22(33)24(35)32-21(23(28)34)13-17-7-4-3-5-8-17/h6,9-10,14,16-17,20-22,29H,3-5,7-8,11-13,15H2,1-2H3,(H2,28,34)(H,32,35)(H2,30,31,37)/t16-,20-,21-,22-/m0/s1. The summed E-state index contributed by atoms with van der Waals surface area (Å²) in [5.74, 6) is -1.46. The molecule has 4 atom stereocenters. The summed E-state index contributed by atoms with van der Waals surface area (Å²) in [6.07, 6.45) is 6.45. The number of piperidine rings is 1. The molecule has 2 fully saturated rings. The molecule has 1 aromatic rings. The molecule has 11 heteroatoms. The molecule has 1 saturated carbocycles. The molecule has 0 radical (unpaired) electrons. The van der Waals surface area contributed by atoms with Crippen LogP contribution in [0.15, 0.2) is 24.3 Å². The number of carbonyl (C=O) groups is 4. The number of amides is 5. The zero-order valence-electron chi connectivity index (χ0n) is 21.6. The number of likely N-dealkylation sites (tertiary alicyclic amines) is 1. The summed E-state index contributed by atoms with van der Waals surface area (Å²) in [7, 11) is 1.66. The van der Waals surface area contributed by atoms with Crippen molar-refractivity contribution >= 4 is 29.4 Å². The SMILES string of the molecule is CN[C@@H](C)C(=O)N1CC[C@H](NC(=O)Nc2cccc(F)c2)C[C@H]1C(=O)N[C@@H](CC1CCCCC1)C(N)=O. The minimum absolute atomic E-state index is 0.166. The number of rotatable bonds is 9. The molecule has 1 saturated heterocycles. The molecule has 0 bridgehead atoms. The monoisotopic (exact) mass is 518 g/mol. The summed E-state index contributed by atoms with van der Waals surface area (Å²) in [6, 6.07) is 2.37. The predicted octanol–water partition coefficient (Wildman–Crippen LogP) is 1.86. The lowest BCUT2D eigenvalue weighted by Gasteiger charge is -2.40. The summed E-state index contributed by atoms with van der Waals surface area (Å²) in [4.78, 5) is 52.7. The van der Waals surface area contributed by atoms with E-state index >= 15 is 0 Å². The van der Waals surface area contributed by atoms with E-state index in [4.69, 9.17) is 5.73 Å². The first kappa shape index (κ1) is 28.4. The Morgan fingerprint density at radius 3 is 2.51 bits per heavy atom. The maximum absolute atomic E-state index is 13.4. The fraction of sp³-hybridized carbons (Fsp3) is 0.615. The van der Waals surface area contributed by atoms with Crippen molar-refractivity contribution in [2.75, 3.05) is 18.9 Å². The largest absolute Gasteiger partial charge is 0.368 e. The molecule has 5 amide bonds. The third-order valence-electron chi connectivity index (χ3n) is 7.36. The number of carbonyl (C=O) groups excluding carboxylic acids is 4. The van der Waals surface area contributed by atoms with Crippen LogP contribution in [0.5, 0.6) is 0 Å². The number of nitrogens with one attached hydrogen (secondary N) is 4. The molecule has 3 rings (SSSR count). The number of hydrogen-bond acceptors (Lipinski definition) is 5. The van der Waals surface area contributed by atoms with Gasteiger partial charge >= 0.3 is 6.03 Å². The molecule has 1 heterocycles. The number of hydrogen-bond donors (Lipinski definition) is 5. The Labute approximate surface area is 217 Å². The van der Waals surface area contributed by atoms with Gasteiger partial charge in [-0.1, -0.05) is 38.2 Å². The number of likely N-dealkylation sites (N-methyl/N-ethyl adjacent to an activating group) is 1. The molecular formula is C26H39FN6O4. The topological polar surface area (TPSA) is 146 Å². The van der Waals surface area contributed by atoms with E-state index in [-0.39, 0.29) is 18.9 Å². The van der Waals surface area contributed by atoms with E-state index < -0.39 is 47.8 Å². The van der Waals surface area contributed by atoms with E-state index in [0.717, 1.165) is 25.7 Å². The van der Waals surface area contributed by atoms with Gasteiger partial charge in [-0.15, -0.1) is 0 Å². The number of halogens is 1. The first-order valence-corrected chi connectivity index (χ1v) is 13.1. The highest BCUT2D eigenvalue weighted by molar-refractivity contribution is 5.93. The van der Waals surface area contributed by atoms with Gasteiger partial charge in [0.2, 0.25) is 17.7 Å². The molecule has 0 spiro atoms. The van der Waals surface area contributed by atoms with Crippen LogP contribution in [0.3, 0.4) is 0 Å². The zero-order chi connectivity index (χ0) is 26.9. The molecular weight excluding hydrogens is 479 g/mol. The van der Waals surface area contributed by atoms with Crippen molar-refractivity contribution in [3.05, 3.63) is 30.1 Å². The maximum atomic E-state index is 13.4. The van der Waals surface area contributed by atoms with Gasteiger partial charge in [-0.05, 0) is 57.4 Å². The van der Waals surface area contributed by atoms with Crippen LogP contribution in [-0.2, 0) is 14.4 Å². The van der Waals surface area contributed by atoms with Crippen molar-refractivity contribution in [3.63, 3.8) is 0 Å². The minimum Gasteiger partial charge on any atom is -0.368 e. The molecule has 37 heavy (non-hydrogen) atoms. The summed E-state index contributed by atoms with van der Waals surface area (Å²) in [5, 5.41) is 11.1. The Kier molecular flexibility index (Phi) is 10.2. The first-order valence-electron chi connectivity index (χ1n) is 13.1. The van der Waals surface area contributed by atoms with Gasteiger partial charge in [0.15, 0.2) is 0 Å². The highest BCUT2D eigenvalue weighted by atomic mass is 19.1. The van der Waals surface area contributed by atoms with Gasteiger partial charge in [-0.3, -0.25) is 14.4 Å². The zero-order valence-corrected chi connectivity index (χ0v) is 21.6. The highest BCUT2D eigenvalue weighted by Crippen LogP contribution is 2.28. The molecule has 1 aliphatic carbocycles. The van der Waals surface area contributed by atoms with Gasteiger partial charge in [-0.25, -0.2) is 9.18 Å². The summed E-state index contributed by atoms with van der Waals surface area (Å²) in [5.41, 5.74) is 5.94. The summed E-state index contributed by atoms with van der Waals surface area (Å²) < 4.78 is 13.4. The third kappa shape index (κ3) is 8.14. The smallest absolute Gasteiger partial charge is 0.319 e. The van der Waals surface area contributed by atoms with Crippen LogP contribution in [-0.4, -0.2) is 66.4 Å². The van der Waals surface area contributed by atoms with Gasteiger partial charge in [-0.2, -0.15) is 0 Å². The van der Waals surface area contributed by atoms with E-state index in [1.807, 2.05) is 0 Å². The van der Waals surface area contributed by atoms with E-state index in [2.05, 4.69) is 21.3 Å². The molecule has 2 aliphatic rings. The van der Waals surface area contributed by atoms with E-state index in [0.29, 0.717) is 24.4 Å². The first-order chi connectivity index (χ1) is 17.7. The van der Waals surface area contributed by atoms with Crippen molar-refractivity contribution in [2.45, 2.75) is 82.5 Å². The number of urea groups is 1. The van der Waals surface area contributed by atoms with Crippen molar-refractivity contribution in [3.8, 4) is 0 Å². The van der Waals surface area contributed by atoms with Crippen LogP contribution in [0.1, 0.15) is 58.3 Å². The second-order valence-corrected chi connectivity index (χ2v) is 10.1. The number of benzene rings is 1. The Morgan fingerprint density at radius 2 is 1.86 bits per heavy atom. The maximum Gasteiger partial charge on any atom is 0.319 e. The second-order valence-electron chi connectivity index (χ2n) is 10.1. The van der Waals surface area contributed by atoms with Crippen LogP contribution < -0.4 is 27.0 Å². The normalized spacial score (nSPS) is 22.0. The molecule has 10 nitrogen and oxygen atoms in total. The van der Waals surface area contributed by atoms with Crippen LogP contribution in [0.2, 0.25) is 0 Å². The molecule has 6 N–H and O–H groups in total. The van der Waals surface area contributed by atoms with Crippen LogP contribution in [0.25, 0.3) is 0 Å². The second kappa shape index (κ2) is 13.4. The average Bonchev–Trinajstić information content (AvgIpc) is 2.87. The Bertz CT molecular complexity index is 970. The van der Waals surface area contributed by atoms with Gasteiger partial charge in [0.1, 0.15) is 17.9 Å². The fourth-order valence-electron chi connectivity index (χ4n) is 5.17. The van der Waals surface area contributed by atoms with Crippen molar-refractivity contribution in [2.24, 2.45) is 11.7 Å². The average molecular weight is 519 g/mol. The Morgan fingerprint density at radius 1 is 1.14 bits per heavy atom. The van der Waals surface area contributed by atoms with Crippen molar-refractivity contribution < 1.29 is 23.6 Å². The van der Waals surface area contributed by atoms with Crippen LogP contribution in [0, 0.1) is 11.7 Å². The van der Waals surface area contributed by atoms with Gasteiger partial charge in [0, 0.05) is 18.3 Å². The third-order valence-corrected chi connectivity index (χ3v) is 7.36. The van der Waals surface area contributed by atoms with E-state index in [1.165, 1.54) is 29.5 Å². The lowest BCUT2D eigenvalue weighted by molar-refractivity contribution is -0.144. The van der Waals surface area contributed by atoms with Crippen LogP contribution in [0.4, 0.5) is 14.9 Å². The quantitative estimate of drug-likeness (QED) is 0.339. The molecule has 204 valence electrons. The highest BCUT2D eigenvalue weighted by Gasteiger charge is 2.39. The summed E-state index contributed by atoms with van der Waals surface area (Å²) in [6.45, 7) is 1.96. The van der Waals surface area contributed by atoms with E-state index in [9.17, 15) is 23.6 Å². The molecule has 0 aromatic heterocycles. The van der Waals surface area contributed by atoms with Gasteiger partial charge in [0.25, 0.3) is 0 Å². The van der Waals surface area contributed by atoms with Crippen molar-refractivity contribution in [1.82, 2.24) is 20.9 Å². The Balaban J connectivity index is 1.69. The van der Waals surface area contributed by atoms with Crippen LogP contribution >= 0.6 is 0 Å². The van der Waals surface area contributed by atoms with E-state index in [1.54, 1.807) is 20.0 Å². The molecule has 1 aromatic carbocycles. The lowest BCUT2D eigenvalue weighted by atomic mass is 9.84. The fourth-order valence-corrected chi connectivity index (χ4v) is 5.17. The predicted molar refractivity (Wildman–Crippen MR) is 138 cm³/mol. The van der Waals surface area contributed by atoms with Gasteiger partial charge < -0.3 is 31.9 Å². The lowest BCUT2D eigenvalue weighted by Crippen LogP contribution is -2.61. The number of nitrogens with zero attached hydrogens (tertiary/aromatic N) is 1.